The summed E-state index contributed by atoms with van der Waals surface area (Å²) >= 11 is 3.46. The largest absolute Gasteiger partial charge is 2.00 e. The average molecular weight is 2240 g/mol. The first-order chi connectivity index (χ1) is 54.9. The maximum Gasteiger partial charge on any atom is 2.00 e. The van der Waals surface area contributed by atoms with Crippen LogP contribution in [0.4, 0.5) is 0 Å². The zero-order chi connectivity index (χ0) is 74.3. The Kier molecular flexibility index (Phi) is 28.2. The van der Waals surface area contributed by atoms with Crippen molar-refractivity contribution in [1.29, 1.82) is 0 Å². The number of rotatable bonds is 14. The molecule has 0 radical (unpaired) electrons. The molecule has 8 aromatic carbocycles. The molecule has 0 aliphatic carbocycles. The van der Waals surface area contributed by atoms with E-state index in [1.807, 2.05) is 194 Å². The molecule has 115 heavy (non-hydrogen) atoms. The van der Waals surface area contributed by atoms with Gasteiger partial charge in [-0.1, -0.05) is 146 Å². The van der Waals surface area contributed by atoms with Gasteiger partial charge < -0.3 is 19.9 Å². The van der Waals surface area contributed by atoms with Gasteiger partial charge in [0.05, 0.1) is 11.0 Å². The van der Waals surface area contributed by atoms with Crippen molar-refractivity contribution in [3.05, 3.63) is 423 Å². The number of fused-ring (bicyclic) bond motifs is 7. The van der Waals surface area contributed by atoms with E-state index in [1.54, 1.807) is 47.5 Å². The Hall–Kier alpha value is -11.3. The summed E-state index contributed by atoms with van der Waals surface area (Å²) in [6.45, 7) is 0. The van der Waals surface area contributed by atoms with E-state index >= 15 is 0 Å². The third-order valence-corrected chi connectivity index (χ3v) is 20.5. The van der Waals surface area contributed by atoms with E-state index in [4.69, 9.17) is 39.9 Å². The fraction of sp³-hybridized carbons (Fsp3) is 0.0303. The molecule has 0 fully saturated rings. The topological polar surface area (TPSA) is 129 Å². The summed E-state index contributed by atoms with van der Waals surface area (Å²) in [5.74, 6) is 0. The monoisotopic (exact) mass is 2230 g/mol. The number of pyridine rings is 10. The SMILES string of the molecule is [Pt+2].[Pt+2].[Pt+2].[Pt+2].[c-]1c(-c2cccc(Cc3cccc(-c4[c-]c5ccccc5s4)n3)n2)sc2ccccc12.[c-]1ccccc1-c1ccc2ccc3ccc4ccc(-c5[c-]cccc5)nc4c3c2n1.[c-]1ccccc1-c1cccc(Cc2cccc(-c3[c-]cccc3)n2)n1.[c-]1cnccc1-c1cccc(Cc2cccc(-c3[c-]cncc3)n2)n1. The number of hydrogen-bond donors (Lipinski definition) is 0. The molecule has 0 amide bonds. The molecular weight excluding hydrogens is 2170 g/mol. The van der Waals surface area contributed by atoms with E-state index < -0.39 is 0 Å². The Labute approximate surface area is 733 Å². The molecule has 10 nitrogen and oxygen atoms in total. The molecule has 0 aliphatic rings. The summed E-state index contributed by atoms with van der Waals surface area (Å²) in [5.41, 5.74) is 21.1. The van der Waals surface area contributed by atoms with Crippen LogP contribution in [0.5, 0.6) is 0 Å². The Morgan fingerprint density at radius 3 is 0.835 bits per heavy atom. The van der Waals surface area contributed by atoms with E-state index in [9.17, 15) is 0 Å². The van der Waals surface area contributed by atoms with Crippen LogP contribution in [0, 0.1) is 48.5 Å². The summed E-state index contributed by atoms with van der Waals surface area (Å²) < 4.78 is 2.47. The molecule has 12 aromatic heterocycles. The van der Waals surface area contributed by atoms with Gasteiger partial charge in [-0.2, -0.15) is 23.3 Å². The average Bonchev–Trinajstić information content (AvgIpc) is 1.51. The molecule has 0 atom stereocenters. The van der Waals surface area contributed by atoms with Gasteiger partial charge in [0.1, 0.15) is 0 Å². The van der Waals surface area contributed by atoms with Crippen LogP contribution in [0.1, 0.15) is 34.2 Å². The van der Waals surface area contributed by atoms with E-state index in [0.29, 0.717) is 19.3 Å². The summed E-state index contributed by atoms with van der Waals surface area (Å²) in [7, 11) is 0. The van der Waals surface area contributed by atoms with Crippen LogP contribution in [0.3, 0.4) is 0 Å². The summed E-state index contributed by atoms with van der Waals surface area (Å²) in [5, 5.41) is 6.72. The molecule has 0 N–H and O–H groups in total. The number of thiophene rings is 2. The Bertz CT molecular complexity index is 5970. The minimum Gasteiger partial charge on any atom is -0.317 e. The summed E-state index contributed by atoms with van der Waals surface area (Å²) in [6.07, 6.45) is 8.85. The predicted molar refractivity (Wildman–Crippen MR) is 449 cm³/mol. The van der Waals surface area contributed by atoms with Crippen molar-refractivity contribution in [2.45, 2.75) is 19.3 Å². The van der Waals surface area contributed by atoms with Gasteiger partial charge in [-0.3, -0.25) is 29.9 Å². The fourth-order valence-corrected chi connectivity index (χ4v) is 14.9. The zero-order valence-corrected chi connectivity index (χ0v) is 71.7. The smallest absolute Gasteiger partial charge is 0.317 e. The van der Waals surface area contributed by atoms with Crippen LogP contribution in [0.2, 0.25) is 0 Å². The van der Waals surface area contributed by atoms with Crippen molar-refractivity contribution < 1.29 is 84.3 Å². The van der Waals surface area contributed by atoms with Crippen LogP contribution >= 0.6 is 22.7 Å². The Morgan fingerprint density at radius 2 is 0.522 bits per heavy atom. The van der Waals surface area contributed by atoms with E-state index in [-0.39, 0.29) is 84.3 Å². The van der Waals surface area contributed by atoms with Crippen molar-refractivity contribution in [3.63, 3.8) is 0 Å². The van der Waals surface area contributed by atoms with Crippen molar-refractivity contribution in [1.82, 2.24) is 49.8 Å². The molecule has 0 bridgehead atoms. The van der Waals surface area contributed by atoms with Crippen LogP contribution < -0.4 is 0 Å². The third-order valence-electron chi connectivity index (χ3n) is 18.3. The first kappa shape index (κ1) is 81.7. The Morgan fingerprint density at radius 1 is 0.235 bits per heavy atom. The van der Waals surface area contributed by atoms with E-state index in [2.05, 4.69) is 180 Å². The quantitative estimate of drug-likeness (QED) is 0.0766. The van der Waals surface area contributed by atoms with Crippen LogP contribution in [0.25, 0.3) is 141 Å². The van der Waals surface area contributed by atoms with E-state index in [0.717, 1.165) is 166 Å². The maximum absolute atomic E-state index is 5.05. The Balaban J connectivity index is 0.000000133. The van der Waals surface area contributed by atoms with Gasteiger partial charge in [0.15, 0.2) is 0 Å². The van der Waals surface area contributed by atoms with Crippen molar-refractivity contribution in [3.8, 4) is 88.7 Å². The normalized spacial score (nSPS) is 10.6. The first-order valence-corrected chi connectivity index (χ1v) is 37.8. The number of aromatic nitrogens is 10. The second-order valence-corrected chi connectivity index (χ2v) is 28.0. The van der Waals surface area contributed by atoms with Gasteiger partial charge in [-0.25, -0.2) is 22.7 Å². The summed E-state index contributed by atoms with van der Waals surface area (Å²) in [4.78, 5) is 49.0. The van der Waals surface area contributed by atoms with Gasteiger partial charge in [-0.05, 0) is 131 Å². The third kappa shape index (κ3) is 20.3. The standard InChI is InChI=1S/C28H16N2.C27H16N2S2.C23H16N2.C21H14N4.4Pt/c1-3-7-19(8-4-1)24-17-15-22-13-11-21-12-14-23-16-18-25(20-9-5-2-6-10-20)30-28(23)26(21)27(22)29-24;1-3-13-24-18(7-1)15-26(30-24)22-11-5-9-20(28-22)17-21-10-6-12-23(29-21)27-16-19-8-2-4-14-25(19)31-27;1-3-9-18(10-4-1)22-15-7-13-20(24-22)17-21-14-8-16-23(25-21)19-11-5-2-6-12-19;1-3-18(24-20(5-1)16-7-11-22-12-8-16)15-19-4-2-6-21(25-19)17-9-13-23-14-10-17;;;;/h1-7,9,11-18H;1-14H,17H2;1-9,11,13-16H,17H2;1-7,9,11-14H,15H2;;;;/q4*-2;4*+2. The van der Waals surface area contributed by atoms with Crippen LogP contribution in [-0.4, -0.2) is 49.8 Å². The molecule has 0 aliphatic heterocycles. The van der Waals surface area contributed by atoms with Gasteiger partial charge in [0, 0.05) is 70.2 Å². The molecule has 0 saturated heterocycles. The van der Waals surface area contributed by atoms with Gasteiger partial charge in [-0.15, -0.1) is 203 Å². The van der Waals surface area contributed by atoms with E-state index in [1.165, 1.54) is 9.40 Å². The molecule has 0 saturated carbocycles. The second-order valence-electron chi connectivity index (χ2n) is 25.9. The number of hydrogen-bond acceptors (Lipinski definition) is 12. The van der Waals surface area contributed by atoms with Crippen molar-refractivity contribution in [2.24, 2.45) is 0 Å². The second kappa shape index (κ2) is 39.6. The maximum atomic E-state index is 5.05. The molecule has 12 heterocycles. The molecule has 0 unspecified atom stereocenters. The van der Waals surface area contributed by atoms with Gasteiger partial charge >= 0.3 is 84.3 Å². The fourth-order valence-electron chi connectivity index (χ4n) is 13.0. The molecule has 560 valence electrons. The minimum atomic E-state index is 0. The minimum absolute atomic E-state index is 0. The molecule has 0 spiro atoms. The van der Waals surface area contributed by atoms with Crippen LogP contribution in [-0.2, 0) is 104 Å². The van der Waals surface area contributed by atoms with Gasteiger partial charge in [0.2, 0.25) is 0 Å². The summed E-state index contributed by atoms with van der Waals surface area (Å²) in [6, 6.07) is 132. The molecule has 16 heteroatoms. The zero-order valence-electron chi connectivity index (χ0n) is 61.0. The molecular formula is C99H62N10Pt4S2. The number of nitrogens with zero attached hydrogens (tertiary/aromatic N) is 10. The van der Waals surface area contributed by atoms with Crippen molar-refractivity contribution >= 4 is 75.4 Å². The van der Waals surface area contributed by atoms with Crippen molar-refractivity contribution in [2.75, 3.05) is 0 Å². The molecule has 20 rings (SSSR count). The molecule has 20 aromatic rings. The number of benzene rings is 8. The van der Waals surface area contributed by atoms with Crippen LogP contribution in [0.15, 0.2) is 340 Å². The predicted octanol–water partition coefficient (Wildman–Crippen LogP) is 23.1. The first-order valence-electron chi connectivity index (χ1n) is 36.2. The van der Waals surface area contributed by atoms with Gasteiger partial charge in [0.25, 0.3) is 0 Å².